The number of amides is 2. The van der Waals surface area contributed by atoms with E-state index in [1.807, 2.05) is 39.8 Å². The summed E-state index contributed by atoms with van der Waals surface area (Å²) in [7, 11) is 0. The molecular formula is C31H49FN2O3. The van der Waals surface area contributed by atoms with Crippen molar-refractivity contribution in [2.24, 2.45) is 5.92 Å². The molecule has 1 aliphatic rings. The highest BCUT2D eigenvalue weighted by Gasteiger charge is 2.16. The van der Waals surface area contributed by atoms with Crippen molar-refractivity contribution in [2.75, 3.05) is 6.61 Å². The van der Waals surface area contributed by atoms with Crippen LogP contribution in [0.1, 0.15) is 108 Å². The largest absolute Gasteiger partial charge is 0.364 e. The first kappa shape index (κ1) is 31.0. The number of allylic oxidation sites excluding steroid dienone is 1. The van der Waals surface area contributed by atoms with Gasteiger partial charge in [-0.2, -0.15) is 0 Å². The van der Waals surface area contributed by atoms with Crippen LogP contribution in [0.3, 0.4) is 0 Å². The van der Waals surface area contributed by atoms with Crippen LogP contribution in [0.2, 0.25) is 0 Å². The average molecular weight is 517 g/mol. The second kappa shape index (κ2) is 17.3. The number of nitrogens with one attached hydrogen (secondary N) is 2. The molecular weight excluding hydrogens is 467 g/mol. The summed E-state index contributed by atoms with van der Waals surface area (Å²) in [6.45, 7) is 7.88. The van der Waals surface area contributed by atoms with E-state index < -0.39 is 6.17 Å². The molecule has 2 rings (SSSR count). The summed E-state index contributed by atoms with van der Waals surface area (Å²) in [5.41, 5.74) is 1.56. The molecule has 37 heavy (non-hydrogen) atoms. The maximum atomic E-state index is 14.5. The van der Waals surface area contributed by atoms with Crippen LogP contribution >= 0.6 is 0 Å². The van der Waals surface area contributed by atoms with Crippen molar-refractivity contribution >= 4 is 11.8 Å². The summed E-state index contributed by atoms with van der Waals surface area (Å²) in [4.78, 5) is 23.9. The molecule has 5 nitrogen and oxygen atoms in total. The molecule has 6 heteroatoms. The van der Waals surface area contributed by atoms with Gasteiger partial charge in [-0.25, -0.2) is 4.39 Å². The lowest BCUT2D eigenvalue weighted by Crippen LogP contribution is -2.34. The van der Waals surface area contributed by atoms with Gasteiger partial charge in [0.1, 0.15) is 12.8 Å². The molecule has 1 aromatic carbocycles. The summed E-state index contributed by atoms with van der Waals surface area (Å²) in [5, 5.41) is 5.74. The van der Waals surface area contributed by atoms with E-state index in [1.54, 1.807) is 12.1 Å². The predicted octanol–water partition coefficient (Wildman–Crippen LogP) is 6.70. The van der Waals surface area contributed by atoms with Gasteiger partial charge in [-0.05, 0) is 83.4 Å². The minimum absolute atomic E-state index is 0.0237. The average Bonchev–Trinajstić information content (AvgIpc) is 2.81. The van der Waals surface area contributed by atoms with Gasteiger partial charge in [-0.15, -0.1) is 0 Å². The van der Waals surface area contributed by atoms with Gasteiger partial charge in [0, 0.05) is 24.1 Å². The van der Waals surface area contributed by atoms with Crippen molar-refractivity contribution in [3.05, 3.63) is 47.5 Å². The van der Waals surface area contributed by atoms with E-state index in [0.29, 0.717) is 24.3 Å². The molecule has 0 fully saturated rings. The Kier molecular flexibility index (Phi) is 14.5. The SMILES string of the molecule is CC(C)NC(=O)COC1/C=C\CCC(CCCCCCC(F)Cc2ccc(C(=O)NC(C)C)cc2)CC1. The molecule has 0 aliphatic heterocycles. The van der Waals surface area contributed by atoms with E-state index >= 15 is 0 Å². The minimum Gasteiger partial charge on any atom is -0.364 e. The van der Waals surface area contributed by atoms with Gasteiger partial charge < -0.3 is 15.4 Å². The van der Waals surface area contributed by atoms with E-state index in [4.69, 9.17) is 4.74 Å². The van der Waals surface area contributed by atoms with E-state index in [9.17, 15) is 14.0 Å². The van der Waals surface area contributed by atoms with Crippen molar-refractivity contribution in [1.29, 1.82) is 0 Å². The summed E-state index contributed by atoms with van der Waals surface area (Å²) < 4.78 is 20.3. The topological polar surface area (TPSA) is 67.4 Å². The third-order valence-electron chi connectivity index (χ3n) is 6.80. The second-order valence-corrected chi connectivity index (χ2v) is 11.1. The Morgan fingerprint density at radius 1 is 0.946 bits per heavy atom. The van der Waals surface area contributed by atoms with Gasteiger partial charge in [-0.3, -0.25) is 9.59 Å². The maximum Gasteiger partial charge on any atom is 0.251 e. The Morgan fingerprint density at radius 2 is 1.65 bits per heavy atom. The van der Waals surface area contributed by atoms with Gasteiger partial charge in [0.05, 0.1) is 6.10 Å². The predicted molar refractivity (Wildman–Crippen MR) is 149 cm³/mol. The van der Waals surface area contributed by atoms with E-state index in [1.165, 1.54) is 19.3 Å². The molecule has 0 spiro atoms. The Labute approximate surface area is 224 Å². The first-order valence-electron chi connectivity index (χ1n) is 14.3. The fourth-order valence-electron chi connectivity index (χ4n) is 4.84. The van der Waals surface area contributed by atoms with E-state index in [-0.39, 0.29) is 36.6 Å². The molecule has 0 saturated heterocycles. The summed E-state index contributed by atoms with van der Waals surface area (Å²) in [5.74, 6) is 0.551. The lowest BCUT2D eigenvalue weighted by Gasteiger charge is -2.22. The molecule has 0 heterocycles. The van der Waals surface area contributed by atoms with Gasteiger partial charge in [0.15, 0.2) is 0 Å². The van der Waals surface area contributed by atoms with Crippen molar-refractivity contribution < 1.29 is 18.7 Å². The molecule has 1 aliphatic carbocycles. The number of rotatable bonds is 15. The van der Waals surface area contributed by atoms with Crippen LogP contribution in [0.25, 0.3) is 0 Å². The lowest BCUT2D eigenvalue weighted by molar-refractivity contribution is -0.127. The van der Waals surface area contributed by atoms with Crippen LogP contribution in [0, 0.1) is 5.92 Å². The van der Waals surface area contributed by atoms with Crippen LogP contribution in [-0.4, -0.2) is 42.8 Å². The summed E-state index contributed by atoms with van der Waals surface area (Å²) in [6, 6.07) is 7.51. The standard InChI is InChI=1S/C31H49FN2O3/c1-23(2)33-30(35)22-37-29-14-10-9-12-25(17-20-29)11-7-5-6-8-13-28(32)21-26-15-18-27(19-16-26)31(36)34-24(3)4/h10,14-16,18-19,23-25,28-29H,5-9,11-13,17,20-22H2,1-4H3,(H,33,35)(H,34,36)/b14-10-. The smallest absolute Gasteiger partial charge is 0.251 e. The van der Waals surface area contributed by atoms with Gasteiger partial charge >= 0.3 is 0 Å². The zero-order valence-corrected chi connectivity index (χ0v) is 23.4. The Balaban J connectivity index is 1.57. The third-order valence-corrected chi connectivity index (χ3v) is 6.80. The molecule has 2 amide bonds. The summed E-state index contributed by atoms with van der Waals surface area (Å²) >= 11 is 0. The third kappa shape index (κ3) is 13.8. The van der Waals surface area contributed by atoms with Crippen molar-refractivity contribution in [1.82, 2.24) is 10.6 Å². The van der Waals surface area contributed by atoms with Crippen LogP contribution in [-0.2, 0) is 16.0 Å². The molecule has 208 valence electrons. The zero-order chi connectivity index (χ0) is 27.0. The number of hydrogen-bond donors (Lipinski definition) is 2. The number of ether oxygens (including phenoxy) is 1. The quantitative estimate of drug-likeness (QED) is 0.201. The fraction of sp³-hybridized carbons (Fsp3) is 0.677. The molecule has 0 bridgehead atoms. The zero-order valence-electron chi connectivity index (χ0n) is 23.4. The molecule has 0 aromatic heterocycles. The number of unbranched alkanes of at least 4 members (excludes halogenated alkanes) is 3. The highest BCUT2D eigenvalue weighted by atomic mass is 19.1. The number of benzene rings is 1. The van der Waals surface area contributed by atoms with Crippen molar-refractivity contribution in [3.63, 3.8) is 0 Å². The monoisotopic (exact) mass is 516 g/mol. The number of carbonyl (C=O) groups excluding carboxylic acids is 2. The Hall–Kier alpha value is -2.21. The lowest BCUT2D eigenvalue weighted by atomic mass is 9.88. The van der Waals surface area contributed by atoms with Gasteiger partial charge in [0.25, 0.3) is 5.91 Å². The molecule has 3 atom stereocenters. The number of halogens is 1. The number of hydrogen-bond acceptors (Lipinski definition) is 3. The Bertz CT molecular complexity index is 822. The van der Waals surface area contributed by atoms with E-state index in [2.05, 4.69) is 22.8 Å². The normalized spacial score (nSPS) is 19.8. The van der Waals surface area contributed by atoms with Crippen molar-refractivity contribution in [3.8, 4) is 0 Å². The summed E-state index contributed by atoms with van der Waals surface area (Å²) in [6.07, 6.45) is 14.4. The van der Waals surface area contributed by atoms with Crippen molar-refractivity contribution in [2.45, 2.75) is 123 Å². The van der Waals surface area contributed by atoms with Crippen LogP contribution in [0.4, 0.5) is 4.39 Å². The highest BCUT2D eigenvalue weighted by molar-refractivity contribution is 5.94. The number of alkyl halides is 1. The Morgan fingerprint density at radius 3 is 2.35 bits per heavy atom. The fourth-order valence-corrected chi connectivity index (χ4v) is 4.84. The molecule has 1 aromatic rings. The first-order chi connectivity index (χ1) is 17.7. The first-order valence-corrected chi connectivity index (χ1v) is 14.3. The maximum absolute atomic E-state index is 14.5. The van der Waals surface area contributed by atoms with E-state index in [0.717, 1.165) is 44.1 Å². The van der Waals surface area contributed by atoms with Crippen LogP contribution in [0.5, 0.6) is 0 Å². The second-order valence-electron chi connectivity index (χ2n) is 11.1. The molecule has 0 saturated carbocycles. The highest BCUT2D eigenvalue weighted by Crippen LogP contribution is 2.26. The van der Waals surface area contributed by atoms with Gasteiger partial charge in [-0.1, -0.05) is 56.4 Å². The molecule has 0 radical (unpaired) electrons. The molecule has 3 unspecified atom stereocenters. The molecule has 2 N–H and O–H groups in total. The van der Waals surface area contributed by atoms with Gasteiger partial charge in [0.2, 0.25) is 5.91 Å². The van der Waals surface area contributed by atoms with Crippen LogP contribution in [0.15, 0.2) is 36.4 Å². The minimum atomic E-state index is -0.840. The number of carbonyl (C=O) groups is 2. The van der Waals surface area contributed by atoms with Crippen LogP contribution < -0.4 is 10.6 Å².